The van der Waals surface area contributed by atoms with Gasteiger partial charge < -0.3 is 20.0 Å². The zero-order valence-corrected chi connectivity index (χ0v) is 23.0. The van der Waals surface area contributed by atoms with Crippen LogP contribution in [0.1, 0.15) is 27.2 Å². The van der Waals surface area contributed by atoms with Crippen LogP contribution in [0.5, 0.6) is 0 Å². The Morgan fingerprint density at radius 3 is 2.34 bits per heavy atom. The molecule has 3 saturated heterocycles. The second-order valence-electron chi connectivity index (χ2n) is 12.6. The summed E-state index contributed by atoms with van der Waals surface area (Å²) in [5.74, 6) is -5.51. The highest BCUT2D eigenvalue weighted by atomic mass is 19.4. The Kier molecular flexibility index (Phi) is 6.32. The fourth-order valence-corrected chi connectivity index (χ4v) is 7.23. The van der Waals surface area contributed by atoms with E-state index in [1.165, 1.54) is 37.6 Å². The minimum atomic E-state index is -5.23. The van der Waals surface area contributed by atoms with Crippen molar-refractivity contribution in [3.05, 3.63) is 24.3 Å². The third kappa shape index (κ3) is 4.11. The fourth-order valence-electron chi connectivity index (χ4n) is 7.23. The van der Waals surface area contributed by atoms with Crippen LogP contribution in [0, 0.1) is 40.4 Å². The lowest BCUT2D eigenvalue weighted by Gasteiger charge is -2.38. The van der Waals surface area contributed by atoms with Crippen LogP contribution >= 0.6 is 0 Å². The van der Waals surface area contributed by atoms with Gasteiger partial charge >= 0.3 is 18.1 Å². The Hall–Kier alpha value is -3.89. The molecule has 220 valence electrons. The summed E-state index contributed by atoms with van der Waals surface area (Å²) in [4.78, 5) is 69.0. The number of hydrogen-bond donors (Lipinski definition) is 2. The Labute approximate surface area is 234 Å². The first-order valence-electron chi connectivity index (χ1n) is 13.3. The maximum absolute atomic E-state index is 14.4. The summed E-state index contributed by atoms with van der Waals surface area (Å²) < 4.78 is 39.6. The molecule has 2 N–H and O–H groups in total. The van der Waals surface area contributed by atoms with Gasteiger partial charge in [0.15, 0.2) is 0 Å². The third-order valence-electron chi connectivity index (χ3n) is 9.40. The number of nitrogens with one attached hydrogen (secondary N) is 2. The highest BCUT2D eigenvalue weighted by Crippen LogP contribution is 2.57. The number of likely N-dealkylation sites (N-methyl/N-ethyl adjacent to an activating group) is 1. The lowest BCUT2D eigenvalue weighted by atomic mass is 9.81. The molecule has 3 aliphatic heterocycles. The molecule has 8 atom stereocenters. The van der Waals surface area contributed by atoms with Crippen molar-refractivity contribution in [3.8, 4) is 6.07 Å². The number of nitrogens with zero attached hydrogens (tertiary/aromatic N) is 4. The molecular weight excluding hydrogens is 545 g/mol. The number of urea groups is 1. The molecule has 2 aliphatic carbocycles. The molecular formula is C27H31F3N6O5. The van der Waals surface area contributed by atoms with Crippen molar-refractivity contribution in [1.82, 2.24) is 25.3 Å². The molecule has 5 rings (SSSR count). The number of halogens is 3. The summed E-state index contributed by atoms with van der Waals surface area (Å²) in [5.41, 5.74) is -1.74. The van der Waals surface area contributed by atoms with Crippen molar-refractivity contribution < 1.29 is 37.1 Å². The van der Waals surface area contributed by atoms with Crippen LogP contribution in [-0.2, 0) is 19.2 Å². The van der Waals surface area contributed by atoms with Crippen LogP contribution in [0.15, 0.2) is 24.3 Å². The van der Waals surface area contributed by atoms with Crippen LogP contribution < -0.4 is 10.6 Å². The number of amides is 6. The zero-order valence-electron chi connectivity index (χ0n) is 23.0. The van der Waals surface area contributed by atoms with Crippen LogP contribution in [-0.4, -0.2) is 94.3 Å². The van der Waals surface area contributed by atoms with E-state index in [0.29, 0.717) is 0 Å². The van der Waals surface area contributed by atoms with E-state index in [0.717, 1.165) is 10.5 Å². The lowest BCUT2D eigenvalue weighted by Crippen LogP contribution is -2.61. The van der Waals surface area contributed by atoms with Gasteiger partial charge in [-0.1, -0.05) is 45.1 Å². The number of nitriles is 1. The average Bonchev–Trinajstić information content (AvgIpc) is 3.65. The van der Waals surface area contributed by atoms with E-state index in [1.807, 2.05) is 23.5 Å². The molecule has 14 heteroatoms. The standard InChI is InChI=1S/C27H31F3N6O5/c1-12-14-6-7-15(12)17-16(14)10-35(21(38)19(25(2,3)4)32-23(40)27(28,29)30)18(17)20(37)36-11-26(8-13(36)9-31)22(39)33-24(41)34(26)5/h6-7,13-19H,1,8,10-11H2,2-5H3,(H,32,40)(H,33,39,41)/t13-,14+,15-,16+,17-,18-,19+,26+/m0/s1. The van der Waals surface area contributed by atoms with Gasteiger partial charge in [-0.3, -0.25) is 24.5 Å². The van der Waals surface area contributed by atoms with Crippen molar-refractivity contribution >= 4 is 29.7 Å². The summed E-state index contributed by atoms with van der Waals surface area (Å²) in [5, 5.41) is 14.0. The smallest absolute Gasteiger partial charge is 0.336 e. The Morgan fingerprint density at radius 2 is 1.80 bits per heavy atom. The van der Waals surface area contributed by atoms with Crippen molar-refractivity contribution in [1.29, 1.82) is 5.26 Å². The maximum atomic E-state index is 14.4. The predicted molar refractivity (Wildman–Crippen MR) is 135 cm³/mol. The van der Waals surface area contributed by atoms with Crippen LogP contribution in [0.3, 0.4) is 0 Å². The van der Waals surface area contributed by atoms with Gasteiger partial charge in [-0.2, -0.15) is 18.4 Å². The minimum Gasteiger partial charge on any atom is -0.336 e. The molecule has 11 nitrogen and oxygen atoms in total. The second kappa shape index (κ2) is 9.06. The van der Waals surface area contributed by atoms with Crippen molar-refractivity contribution in [2.45, 2.75) is 57.0 Å². The quantitative estimate of drug-likeness (QED) is 0.378. The van der Waals surface area contributed by atoms with Gasteiger partial charge in [-0.25, -0.2) is 4.79 Å². The molecule has 1 spiro atoms. The molecule has 6 amide bonds. The Balaban J connectivity index is 1.52. The molecule has 3 heterocycles. The van der Waals surface area contributed by atoms with Gasteiger partial charge in [0.2, 0.25) is 11.8 Å². The molecule has 41 heavy (non-hydrogen) atoms. The lowest BCUT2D eigenvalue weighted by molar-refractivity contribution is -0.176. The van der Waals surface area contributed by atoms with E-state index in [4.69, 9.17) is 0 Å². The first-order chi connectivity index (χ1) is 18.9. The number of rotatable bonds is 3. The molecule has 4 fully saturated rings. The predicted octanol–water partition coefficient (Wildman–Crippen LogP) is 0.940. The van der Waals surface area contributed by atoms with Gasteiger partial charge in [0.25, 0.3) is 5.91 Å². The molecule has 2 bridgehead atoms. The Bertz CT molecular complexity index is 1330. The minimum absolute atomic E-state index is 0.0357. The summed E-state index contributed by atoms with van der Waals surface area (Å²) in [7, 11) is 1.39. The van der Waals surface area contributed by atoms with E-state index in [1.54, 1.807) is 0 Å². The van der Waals surface area contributed by atoms with Crippen molar-refractivity contribution in [3.63, 3.8) is 0 Å². The van der Waals surface area contributed by atoms with Crippen molar-refractivity contribution in [2.75, 3.05) is 20.1 Å². The van der Waals surface area contributed by atoms with E-state index in [9.17, 15) is 42.4 Å². The highest BCUT2D eigenvalue weighted by Gasteiger charge is 2.64. The van der Waals surface area contributed by atoms with Crippen LogP contribution in [0.25, 0.3) is 0 Å². The largest absolute Gasteiger partial charge is 0.471 e. The highest BCUT2D eigenvalue weighted by molar-refractivity contribution is 6.08. The summed E-state index contributed by atoms with van der Waals surface area (Å²) in [6.45, 7) is 8.43. The number of imide groups is 1. The van der Waals surface area contributed by atoms with Gasteiger partial charge in [0, 0.05) is 37.8 Å². The van der Waals surface area contributed by atoms with E-state index < -0.39 is 70.8 Å². The molecule has 0 aromatic rings. The van der Waals surface area contributed by atoms with Crippen molar-refractivity contribution in [2.24, 2.45) is 29.1 Å². The zero-order chi connectivity index (χ0) is 30.4. The van der Waals surface area contributed by atoms with Gasteiger partial charge in [-0.15, -0.1) is 0 Å². The monoisotopic (exact) mass is 576 g/mol. The number of likely N-dealkylation sites (tertiary alicyclic amines) is 2. The van der Waals surface area contributed by atoms with E-state index >= 15 is 0 Å². The normalized spacial score (nSPS) is 34.8. The number of carbonyl (C=O) groups excluding carboxylic acids is 5. The number of carbonyl (C=O) groups is 5. The summed E-state index contributed by atoms with van der Waals surface area (Å²) in [6, 6.07) is -2.53. The molecule has 0 aromatic heterocycles. The second-order valence-corrected chi connectivity index (χ2v) is 12.6. The molecule has 5 aliphatic rings. The SMILES string of the molecule is C=C1[C@H]2C=C[C@@H]1[C@H]1[C@@H]2CN(C(=O)[C@@H](NC(=O)C(F)(F)F)C(C)(C)C)[C@@H]1C(=O)N1C[C@]2(C[C@H]1C#N)C(=O)NC(=O)N2C. The number of alkyl halides is 3. The molecule has 0 aromatic carbocycles. The summed E-state index contributed by atoms with van der Waals surface area (Å²) >= 11 is 0. The third-order valence-corrected chi connectivity index (χ3v) is 9.40. The summed E-state index contributed by atoms with van der Waals surface area (Å²) in [6.07, 6.45) is -1.51. The number of allylic oxidation sites excluding steroid dienone is 3. The average molecular weight is 577 g/mol. The Morgan fingerprint density at radius 1 is 1.17 bits per heavy atom. The first kappa shape index (κ1) is 28.6. The van der Waals surface area contributed by atoms with Gasteiger partial charge in [0.1, 0.15) is 23.7 Å². The first-order valence-corrected chi connectivity index (χ1v) is 13.3. The molecule has 0 unspecified atom stereocenters. The van der Waals surface area contributed by atoms with E-state index in [2.05, 4.69) is 11.9 Å². The number of fused-ring (bicyclic) bond motifs is 5. The van der Waals surface area contributed by atoms with Gasteiger partial charge in [0.05, 0.1) is 12.6 Å². The molecule has 0 radical (unpaired) electrons. The van der Waals surface area contributed by atoms with Gasteiger partial charge in [-0.05, 0) is 11.3 Å². The number of hydrogen-bond acceptors (Lipinski definition) is 6. The maximum Gasteiger partial charge on any atom is 0.471 e. The molecule has 1 saturated carbocycles. The topological polar surface area (TPSA) is 143 Å². The fraction of sp³-hybridized carbons (Fsp3) is 0.630. The van der Waals surface area contributed by atoms with Crippen LogP contribution in [0.4, 0.5) is 18.0 Å². The van der Waals surface area contributed by atoms with Crippen LogP contribution in [0.2, 0.25) is 0 Å². The van der Waals surface area contributed by atoms with E-state index in [-0.39, 0.29) is 37.3 Å².